The van der Waals surface area contributed by atoms with E-state index in [1.54, 1.807) is 6.07 Å². The summed E-state index contributed by atoms with van der Waals surface area (Å²) < 4.78 is 61.9. The van der Waals surface area contributed by atoms with Gasteiger partial charge in [-0.05, 0) is 30.3 Å². The Balaban J connectivity index is 1.60. The van der Waals surface area contributed by atoms with E-state index < -0.39 is 61.0 Å². The van der Waals surface area contributed by atoms with Crippen molar-refractivity contribution in [3.05, 3.63) is 66.1 Å². The lowest BCUT2D eigenvalue weighted by atomic mass is 9.94. The number of alkyl halides is 3. The highest BCUT2D eigenvalue weighted by Gasteiger charge is 2.48. The van der Waals surface area contributed by atoms with E-state index >= 15 is 0 Å². The zero-order valence-corrected chi connectivity index (χ0v) is 19.2. The van der Waals surface area contributed by atoms with Gasteiger partial charge in [-0.3, -0.25) is 4.79 Å². The Bertz CT molecular complexity index is 1260. The van der Waals surface area contributed by atoms with E-state index in [4.69, 9.17) is 4.74 Å². The quantitative estimate of drug-likeness (QED) is 0.414. The number of benzene rings is 2. The number of likely N-dealkylation sites (N-methyl/N-ethyl adjacent to an activating group) is 1. The minimum Gasteiger partial charge on any atom is -0.406 e. The van der Waals surface area contributed by atoms with Crippen LogP contribution >= 0.6 is 0 Å². The molecule has 0 saturated carbocycles. The van der Waals surface area contributed by atoms with Crippen LogP contribution < -0.4 is 4.74 Å². The summed E-state index contributed by atoms with van der Waals surface area (Å²) in [5.74, 6) is -1.96. The van der Waals surface area contributed by atoms with Gasteiger partial charge in [0.2, 0.25) is 0 Å². The van der Waals surface area contributed by atoms with Gasteiger partial charge >= 0.3 is 6.36 Å². The monoisotopic (exact) mass is 526 g/mol. The Labute approximate surface area is 207 Å². The Morgan fingerprint density at radius 3 is 2.57 bits per heavy atom. The number of halogens is 4. The Morgan fingerprint density at radius 1 is 1.16 bits per heavy atom. The van der Waals surface area contributed by atoms with Crippen molar-refractivity contribution >= 4 is 5.91 Å². The first-order valence-corrected chi connectivity index (χ1v) is 10.9. The third kappa shape index (κ3) is 5.72. The summed E-state index contributed by atoms with van der Waals surface area (Å²) >= 11 is 0. The van der Waals surface area contributed by atoms with Gasteiger partial charge < -0.3 is 29.7 Å². The number of amides is 1. The van der Waals surface area contributed by atoms with E-state index in [1.165, 1.54) is 43.6 Å². The van der Waals surface area contributed by atoms with Gasteiger partial charge in [0, 0.05) is 18.2 Å². The lowest BCUT2D eigenvalue weighted by Gasteiger charge is -2.45. The van der Waals surface area contributed by atoms with E-state index in [0.717, 1.165) is 21.7 Å². The first kappa shape index (κ1) is 26.5. The van der Waals surface area contributed by atoms with Crippen molar-refractivity contribution in [3.8, 4) is 17.0 Å². The van der Waals surface area contributed by atoms with Crippen LogP contribution in [0.2, 0.25) is 0 Å². The van der Waals surface area contributed by atoms with Crippen molar-refractivity contribution in [3.63, 3.8) is 0 Å². The molecule has 1 amide bonds. The van der Waals surface area contributed by atoms with E-state index in [0.29, 0.717) is 5.56 Å². The van der Waals surface area contributed by atoms with Crippen LogP contribution in [0.25, 0.3) is 11.3 Å². The second-order valence-corrected chi connectivity index (χ2v) is 8.31. The molecule has 0 unspecified atom stereocenters. The first-order valence-electron chi connectivity index (χ1n) is 10.9. The molecule has 1 saturated heterocycles. The summed E-state index contributed by atoms with van der Waals surface area (Å²) in [6.45, 7) is -0.691. The summed E-state index contributed by atoms with van der Waals surface area (Å²) in [6, 6.07) is 8.57. The van der Waals surface area contributed by atoms with Crippen LogP contribution in [0.3, 0.4) is 0 Å². The molecular formula is C23H22F4N4O6. The van der Waals surface area contributed by atoms with Gasteiger partial charge in [0.15, 0.2) is 6.23 Å². The van der Waals surface area contributed by atoms with Gasteiger partial charge in [-0.1, -0.05) is 23.4 Å². The fraction of sp³-hybridized carbons (Fsp3) is 0.348. The van der Waals surface area contributed by atoms with Gasteiger partial charge in [0.05, 0.1) is 12.8 Å². The molecule has 1 aliphatic rings. The van der Waals surface area contributed by atoms with E-state index in [2.05, 4.69) is 15.0 Å². The Hall–Kier alpha value is -3.59. The van der Waals surface area contributed by atoms with E-state index in [1.807, 2.05) is 0 Å². The molecule has 1 aliphatic heterocycles. The minimum absolute atomic E-state index is 0.197. The zero-order valence-electron chi connectivity index (χ0n) is 19.2. The number of aliphatic hydroxyl groups excluding tert-OH is 3. The number of aliphatic hydroxyl groups is 3. The second kappa shape index (κ2) is 10.4. The number of hydrogen-bond donors (Lipinski definition) is 3. The number of hydrogen-bond acceptors (Lipinski definition) is 8. The van der Waals surface area contributed by atoms with Crippen molar-refractivity contribution in [2.45, 2.75) is 36.9 Å². The molecule has 2 heterocycles. The predicted molar refractivity (Wildman–Crippen MR) is 117 cm³/mol. The molecule has 4 rings (SSSR count). The normalized spacial score (nSPS) is 24.1. The predicted octanol–water partition coefficient (Wildman–Crippen LogP) is 1.74. The van der Waals surface area contributed by atoms with Crippen molar-refractivity contribution in [2.24, 2.45) is 0 Å². The second-order valence-electron chi connectivity index (χ2n) is 8.31. The Kier molecular flexibility index (Phi) is 7.45. The molecular weight excluding hydrogens is 504 g/mol. The average molecular weight is 526 g/mol. The van der Waals surface area contributed by atoms with Gasteiger partial charge in [-0.25, -0.2) is 9.07 Å². The fourth-order valence-electron chi connectivity index (χ4n) is 4.06. The summed E-state index contributed by atoms with van der Waals surface area (Å²) in [6.07, 6.45) is -9.45. The van der Waals surface area contributed by atoms with Crippen LogP contribution in [-0.4, -0.2) is 85.7 Å². The number of carbonyl (C=O) groups is 1. The molecule has 3 aromatic rings. The third-order valence-corrected chi connectivity index (χ3v) is 5.82. The SMILES string of the molecule is CN(C(=O)c1cccc(OC(F)(F)F)c1)[C@@H]1O[C@H](CO)[C@H](O)[C@H](n2cc(-c3cccc(F)c3)nn2)[C@H]1O. The van der Waals surface area contributed by atoms with Crippen LogP contribution in [0, 0.1) is 5.82 Å². The molecule has 0 spiro atoms. The van der Waals surface area contributed by atoms with Gasteiger partial charge in [0.1, 0.15) is 41.6 Å². The number of carbonyl (C=O) groups excluding carboxylic acids is 1. The van der Waals surface area contributed by atoms with Crippen LogP contribution in [0.5, 0.6) is 5.75 Å². The number of aromatic nitrogens is 3. The largest absolute Gasteiger partial charge is 0.573 e. The molecule has 3 N–H and O–H groups in total. The van der Waals surface area contributed by atoms with Crippen LogP contribution in [0.1, 0.15) is 16.4 Å². The summed E-state index contributed by atoms with van der Waals surface area (Å²) in [5.41, 5.74) is 0.414. The number of ether oxygens (including phenoxy) is 2. The molecule has 1 fully saturated rings. The number of rotatable bonds is 6. The molecule has 5 atom stereocenters. The molecule has 0 aliphatic carbocycles. The highest BCUT2D eigenvalue weighted by molar-refractivity contribution is 5.94. The van der Waals surface area contributed by atoms with E-state index in [-0.39, 0.29) is 11.3 Å². The van der Waals surface area contributed by atoms with Crippen LogP contribution in [-0.2, 0) is 4.74 Å². The summed E-state index contributed by atoms with van der Waals surface area (Å²) in [5, 5.41) is 39.4. The lowest BCUT2D eigenvalue weighted by Crippen LogP contribution is -2.61. The van der Waals surface area contributed by atoms with Gasteiger partial charge in [-0.15, -0.1) is 18.3 Å². The van der Waals surface area contributed by atoms with Gasteiger partial charge in [0.25, 0.3) is 5.91 Å². The maximum Gasteiger partial charge on any atom is 0.573 e. The highest BCUT2D eigenvalue weighted by Crippen LogP contribution is 2.33. The highest BCUT2D eigenvalue weighted by atomic mass is 19.4. The molecule has 0 radical (unpaired) electrons. The van der Waals surface area contributed by atoms with Crippen LogP contribution in [0.4, 0.5) is 17.6 Å². The fourth-order valence-corrected chi connectivity index (χ4v) is 4.06. The molecule has 2 aromatic carbocycles. The van der Waals surface area contributed by atoms with Crippen molar-refractivity contribution in [1.82, 2.24) is 19.9 Å². The average Bonchev–Trinajstić information content (AvgIpc) is 3.32. The third-order valence-electron chi connectivity index (χ3n) is 5.82. The molecule has 10 nitrogen and oxygen atoms in total. The standard InChI is InChI=1S/C23H22F4N4O6/c1-30(21(35)13-5-3-7-15(9-13)37-23(25,26)27)22-20(34)18(19(33)17(11-32)36-22)31-10-16(28-29-31)12-4-2-6-14(24)8-12/h2-10,17-20,22,32-34H,11H2,1H3/t17-,18+,19+,20-,22-/m1/s1. The molecule has 14 heteroatoms. The smallest absolute Gasteiger partial charge is 0.406 e. The van der Waals surface area contributed by atoms with E-state index in [9.17, 15) is 37.7 Å². The minimum atomic E-state index is -4.96. The van der Waals surface area contributed by atoms with Crippen molar-refractivity contribution < 1.29 is 47.1 Å². The summed E-state index contributed by atoms with van der Waals surface area (Å²) in [7, 11) is 1.23. The molecule has 198 valence electrons. The van der Waals surface area contributed by atoms with Crippen molar-refractivity contribution in [2.75, 3.05) is 13.7 Å². The molecule has 0 bridgehead atoms. The maximum absolute atomic E-state index is 13.6. The number of nitrogens with zero attached hydrogens (tertiary/aromatic N) is 4. The summed E-state index contributed by atoms with van der Waals surface area (Å²) in [4.78, 5) is 14.0. The topological polar surface area (TPSA) is 130 Å². The molecule has 37 heavy (non-hydrogen) atoms. The Morgan fingerprint density at radius 2 is 1.89 bits per heavy atom. The van der Waals surface area contributed by atoms with Crippen molar-refractivity contribution in [1.29, 1.82) is 0 Å². The lowest BCUT2D eigenvalue weighted by molar-refractivity contribution is -0.274. The van der Waals surface area contributed by atoms with Gasteiger partial charge in [-0.2, -0.15) is 0 Å². The first-order chi connectivity index (χ1) is 17.5. The zero-order chi connectivity index (χ0) is 26.9. The maximum atomic E-state index is 13.6. The van der Waals surface area contributed by atoms with Crippen LogP contribution in [0.15, 0.2) is 54.7 Å². The molecule has 1 aromatic heterocycles.